The van der Waals surface area contributed by atoms with E-state index < -0.39 is 6.61 Å². The van der Waals surface area contributed by atoms with Crippen LogP contribution in [0.2, 0.25) is 0 Å². The summed E-state index contributed by atoms with van der Waals surface area (Å²) in [6, 6.07) is 5.91. The summed E-state index contributed by atoms with van der Waals surface area (Å²) in [5.41, 5.74) is 6.61. The summed E-state index contributed by atoms with van der Waals surface area (Å²) < 4.78 is 28.3. The number of halogens is 2. The number of nitrogens with two attached hydrogens (primary N) is 1. The fraction of sp³-hybridized carbons (Fsp3) is 0.533. The van der Waals surface area contributed by atoms with E-state index in [-0.39, 0.29) is 29.5 Å². The molecule has 0 radical (unpaired) electrons. The van der Waals surface area contributed by atoms with Crippen molar-refractivity contribution in [2.45, 2.75) is 46.4 Å². The number of hydrogen-bond acceptors (Lipinski definition) is 3. The highest BCUT2D eigenvalue weighted by atomic mass is 19.3. The molecule has 3 N–H and O–H groups in total. The van der Waals surface area contributed by atoms with E-state index in [1.807, 2.05) is 20.8 Å². The van der Waals surface area contributed by atoms with Gasteiger partial charge < -0.3 is 15.8 Å². The molecule has 0 bridgehead atoms. The summed E-state index contributed by atoms with van der Waals surface area (Å²) in [5.74, 6) is -0.0415. The van der Waals surface area contributed by atoms with E-state index >= 15 is 0 Å². The van der Waals surface area contributed by atoms with E-state index in [1.165, 1.54) is 12.1 Å². The summed E-state index contributed by atoms with van der Waals surface area (Å²) in [5, 5.41) is 2.75. The van der Waals surface area contributed by atoms with Gasteiger partial charge >= 0.3 is 6.61 Å². The first-order valence-corrected chi connectivity index (χ1v) is 6.74. The molecule has 1 amide bonds. The Morgan fingerprint density at radius 1 is 1.29 bits per heavy atom. The third kappa shape index (κ3) is 6.53. The van der Waals surface area contributed by atoms with Crippen molar-refractivity contribution in [3.05, 3.63) is 29.8 Å². The standard InChI is InChI=1S/C15H22F2N2O2/c1-15(2,3)12(18)8-13(20)19-9-10-4-6-11(7-5-10)21-14(16)17/h4-7,12,14H,8-9,18H2,1-3H3,(H,19,20). The van der Waals surface area contributed by atoms with Crippen LogP contribution in [-0.2, 0) is 11.3 Å². The van der Waals surface area contributed by atoms with Gasteiger partial charge in [-0.25, -0.2) is 0 Å². The minimum Gasteiger partial charge on any atom is -0.435 e. The van der Waals surface area contributed by atoms with Gasteiger partial charge in [0.25, 0.3) is 0 Å². The van der Waals surface area contributed by atoms with Crippen molar-refractivity contribution < 1.29 is 18.3 Å². The molecule has 0 heterocycles. The monoisotopic (exact) mass is 300 g/mol. The van der Waals surface area contributed by atoms with Crippen molar-refractivity contribution in [2.24, 2.45) is 11.1 Å². The average Bonchev–Trinajstić information content (AvgIpc) is 2.36. The highest BCUT2D eigenvalue weighted by molar-refractivity contribution is 5.76. The van der Waals surface area contributed by atoms with E-state index in [0.29, 0.717) is 6.54 Å². The highest BCUT2D eigenvalue weighted by Gasteiger charge is 2.22. The molecule has 0 saturated carbocycles. The van der Waals surface area contributed by atoms with E-state index in [4.69, 9.17) is 5.73 Å². The van der Waals surface area contributed by atoms with Crippen molar-refractivity contribution in [2.75, 3.05) is 0 Å². The summed E-state index contributed by atoms with van der Waals surface area (Å²) in [7, 11) is 0. The molecule has 1 unspecified atom stereocenters. The minimum atomic E-state index is -2.84. The molecule has 1 aromatic carbocycles. The molecule has 6 heteroatoms. The minimum absolute atomic E-state index is 0.0924. The van der Waals surface area contributed by atoms with Crippen LogP contribution in [0.15, 0.2) is 24.3 Å². The molecular formula is C15H22F2N2O2. The highest BCUT2D eigenvalue weighted by Crippen LogP contribution is 2.19. The number of carbonyl (C=O) groups excluding carboxylic acids is 1. The number of nitrogens with one attached hydrogen (secondary N) is 1. The molecule has 0 aromatic heterocycles. The molecule has 118 valence electrons. The SMILES string of the molecule is CC(C)(C)C(N)CC(=O)NCc1ccc(OC(F)F)cc1. The molecule has 0 aliphatic heterocycles. The smallest absolute Gasteiger partial charge is 0.387 e. The van der Waals surface area contributed by atoms with Gasteiger partial charge in [-0.1, -0.05) is 32.9 Å². The first-order valence-electron chi connectivity index (χ1n) is 6.74. The Morgan fingerprint density at radius 2 is 1.86 bits per heavy atom. The molecule has 0 fully saturated rings. The van der Waals surface area contributed by atoms with Gasteiger partial charge in [0.2, 0.25) is 5.91 Å². The van der Waals surface area contributed by atoms with E-state index in [0.717, 1.165) is 5.56 Å². The maximum absolute atomic E-state index is 12.0. The van der Waals surface area contributed by atoms with Crippen molar-refractivity contribution in [3.63, 3.8) is 0 Å². The quantitative estimate of drug-likeness (QED) is 0.849. The number of amides is 1. The largest absolute Gasteiger partial charge is 0.435 e. The van der Waals surface area contributed by atoms with Gasteiger partial charge in [-0.05, 0) is 23.1 Å². The summed E-state index contributed by atoms with van der Waals surface area (Å²) in [6.45, 7) is 3.42. The first-order chi connectivity index (χ1) is 9.68. The molecule has 1 aromatic rings. The number of alkyl halides is 2. The van der Waals surface area contributed by atoms with Gasteiger partial charge in [-0.2, -0.15) is 8.78 Å². The molecule has 0 aliphatic rings. The normalized spacial score (nSPS) is 13.1. The van der Waals surface area contributed by atoms with Gasteiger partial charge in [-0.15, -0.1) is 0 Å². The first kappa shape index (κ1) is 17.4. The number of hydrogen-bond donors (Lipinski definition) is 2. The second-order valence-electron chi connectivity index (χ2n) is 5.98. The topological polar surface area (TPSA) is 64.4 Å². The van der Waals surface area contributed by atoms with E-state index in [2.05, 4.69) is 10.1 Å². The van der Waals surface area contributed by atoms with Crippen molar-refractivity contribution in [1.82, 2.24) is 5.32 Å². The van der Waals surface area contributed by atoms with Crippen LogP contribution in [0.3, 0.4) is 0 Å². The zero-order valence-corrected chi connectivity index (χ0v) is 12.5. The maximum Gasteiger partial charge on any atom is 0.387 e. The lowest BCUT2D eigenvalue weighted by atomic mass is 9.85. The van der Waals surface area contributed by atoms with Crippen LogP contribution in [0.5, 0.6) is 5.75 Å². The maximum atomic E-state index is 12.0. The van der Waals surface area contributed by atoms with Gasteiger partial charge in [0.15, 0.2) is 0 Å². The van der Waals surface area contributed by atoms with Gasteiger partial charge in [0.05, 0.1) is 0 Å². The number of rotatable bonds is 6. The lowest BCUT2D eigenvalue weighted by molar-refractivity contribution is -0.122. The van der Waals surface area contributed by atoms with Crippen LogP contribution >= 0.6 is 0 Å². The van der Waals surface area contributed by atoms with Crippen molar-refractivity contribution in [3.8, 4) is 5.75 Å². The summed E-state index contributed by atoms with van der Waals surface area (Å²) in [4.78, 5) is 11.8. The predicted molar refractivity (Wildman–Crippen MR) is 77.0 cm³/mol. The fourth-order valence-corrected chi connectivity index (χ4v) is 1.57. The second-order valence-corrected chi connectivity index (χ2v) is 5.98. The number of carbonyl (C=O) groups is 1. The van der Waals surface area contributed by atoms with Crippen LogP contribution in [-0.4, -0.2) is 18.6 Å². The number of benzene rings is 1. The van der Waals surface area contributed by atoms with Crippen molar-refractivity contribution in [1.29, 1.82) is 0 Å². The average molecular weight is 300 g/mol. The molecule has 1 rings (SSSR count). The van der Waals surface area contributed by atoms with E-state index in [1.54, 1.807) is 12.1 Å². The fourth-order valence-electron chi connectivity index (χ4n) is 1.57. The zero-order chi connectivity index (χ0) is 16.0. The van der Waals surface area contributed by atoms with Gasteiger partial charge in [-0.3, -0.25) is 4.79 Å². The Balaban J connectivity index is 2.43. The zero-order valence-electron chi connectivity index (χ0n) is 12.5. The molecule has 0 spiro atoms. The summed E-state index contributed by atoms with van der Waals surface area (Å²) in [6.07, 6.45) is 0.246. The molecule has 21 heavy (non-hydrogen) atoms. The Morgan fingerprint density at radius 3 is 2.33 bits per heavy atom. The molecular weight excluding hydrogens is 278 g/mol. The van der Waals surface area contributed by atoms with Crippen LogP contribution in [0.1, 0.15) is 32.8 Å². The Hall–Kier alpha value is -1.69. The van der Waals surface area contributed by atoms with Crippen LogP contribution < -0.4 is 15.8 Å². The van der Waals surface area contributed by atoms with Gasteiger partial charge in [0.1, 0.15) is 5.75 Å². The molecule has 0 aliphatic carbocycles. The summed E-state index contributed by atoms with van der Waals surface area (Å²) >= 11 is 0. The number of ether oxygens (including phenoxy) is 1. The Bertz CT molecular complexity index is 456. The van der Waals surface area contributed by atoms with Crippen LogP contribution in [0.25, 0.3) is 0 Å². The van der Waals surface area contributed by atoms with Crippen LogP contribution in [0.4, 0.5) is 8.78 Å². The molecule has 1 atom stereocenters. The van der Waals surface area contributed by atoms with Gasteiger partial charge in [0, 0.05) is 19.0 Å². The third-order valence-corrected chi connectivity index (χ3v) is 3.16. The van der Waals surface area contributed by atoms with Crippen molar-refractivity contribution >= 4 is 5.91 Å². The third-order valence-electron chi connectivity index (χ3n) is 3.16. The van der Waals surface area contributed by atoms with Crippen LogP contribution in [0, 0.1) is 5.41 Å². The Labute approximate surface area is 123 Å². The second kappa shape index (κ2) is 7.36. The lowest BCUT2D eigenvalue weighted by Crippen LogP contribution is -2.40. The predicted octanol–water partition coefficient (Wildman–Crippen LogP) is 2.67. The Kier molecular flexibility index (Phi) is 6.08. The molecule has 0 saturated heterocycles. The molecule has 4 nitrogen and oxygen atoms in total. The van der Waals surface area contributed by atoms with E-state index in [9.17, 15) is 13.6 Å². The lowest BCUT2D eigenvalue weighted by Gasteiger charge is -2.26.